The molecule has 0 spiro atoms. The van der Waals surface area contributed by atoms with Gasteiger partial charge in [0.2, 0.25) is 21.8 Å². The van der Waals surface area contributed by atoms with Crippen LogP contribution in [0.2, 0.25) is 0 Å². The number of ether oxygens (including phenoxy) is 2. The molecular formula is C26H24FN5O6S3. The van der Waals surface area contributed by atoms with E-state index in [9.17, 15) is 22.4 Å². The van der Waals surface area contributed by atoms with E-state index in [1.165, 1.54) is 24.9 Å². The van der Waals surface area contributed by atoms with Gasteiger partial charge in [-0.3, -0.25) is 9.59 Å². The number of amides is 2. The lowest BCUT2D eigenvalue weighted by molar-refractivity contribution is -0.123. The number of nitrogens with zero attached hydrogens (tertiary/aromatic N) is 2. The van der Waals surface area contributed by atoms with Crippen LogP contribution in [0, 0.1) is 5.82 Å². The molecule has 2 amide bonds. The minimum atomic E-state index is -3.49. The number of thiazole rings is 1. The number of methoxy groups -OCH3 is 1. The van der Waals surface area contributed by atoms with Crippen LogP contribution in [-0.4, -0.2) is 43.6 Å². The fourth-order valence-corrected chi connectivity index (χ4v) is 5.77. The number of para-hydroxylation sites is 2. The molecular weight excluding hydrogens is 594 g/mol. The third kappa shape index (κ3) is 8.97. The van der Waals surface area contributed by atoms with Gasteiger partial charge in [0.15, 0.2) is 22.4 Å². The summed E-state index contributed by atoms with van der Waals surface area (Å²) in [6, 6.07) is 15.7. The molecule has 0 radical (unpaired) electrons. The van der Waals surface area contributed by atoms with E-state index in [0.717, 1.165) is 29.7 Å². The molecule has 4 rings (SSSR count). The molecule has 3 N–H and O–H groups in total. The molecule has 41 heavy (non-hydrogen) atoms. The van der Waals surface area contributed by atoms with Gasteiger partial charge in [-0.2, -0.15) is 0 Å². The molecule has 0 atom stereocenters. The maximum Gasteiger partial charge on any atom is 0.235 e. The van der Waals surface area contributed by atoms with Gasteiger partial charge in [-0.1, -0.05) is 41.3 Å². The van der Waals surface area contributed by atoms with Crippen molar-refractivity contribution < 1.29 is 31.9 Å². The highest BCUT2D eigenvalue weighted by molar-refractivity contribution is 8.01. The van der Waals surface area contributed by atoms with Crippen LogP contribution in [0.4, 0.5) is 15.2 Å². The van der Waals surface area contributed by atoms with Gasteiger partial charge < -0.3 is 20.1 Å². The fraction of sp³-hybridized carbons (Fsp3) is 0.154. The summed E-state index contributed by atoms with van der Waals surface area (Å²) in [6.07, 6.45) is 2.07. The molecule has 214 valence electrons. The minimum Gasteiger partial charge on any atom is -0.493 e. The van der Waals surface area contributed by atoms with Gasteiger partial charge in [0.05, 0.1) is 35.5 Å². The molecule has 0 aliphatic carbocycles. The summed E-state index contributed by atoms with van der Waals surface area (Å²) in [5, 5.41) is 5.96. The Morgan fingerprint density at radius 3 is 2.44 bits per heavy atom. The zero-order valence-corrected chi connectivity index (χ0v) is 24.2. The summed E-state index contributed by atoms with van der Waals surface area (Å²) in [5.41, 5.74) is 0.535. The number of sulfonamides is 1. The minimum absolute atomic E-state index is 0.0161. The number of hydrogen-bond donors (Lipinski definition) is 3. The molecule has 0 unspecified atom stereocenters. The molecule has 0 aliphatic heterocycles. The van der Waals surface area contributed by atoms with Gasteiger partial charge in [0, 0.05) is 12.3 Å². The van der Waals surface area contributed by atoms with Crippen molar-refractivity contribution in [2.24, 2.45) is 0 Å². The average Bonchev–Trinajstić information content (AvgIpc) is 3.29. The van der Waals surface area contributed by atoms with Crippen LogP contribution in [0.15, 0.2) is 76.1 Å². The van der Waals surface area contributed by atoms with Crippen LogP contribution in [-0.2, 0) is 26.2 Å². The highest BCUT2D eigenvalue weighted by Crippen LogP contribution is 2.37. The monoisotopic (exact) mass is 617 g/mol. The zero-order valence-electron chi connectivity index (χ0n) is 21.7. The van der Waals surface area contributed by atoms with Crippen LogP contribution in [0.5, 0.6) is 17.2 Å². The number of anilines is 2. The van der Waals surface area contributed by atoms with Crippen molar-refractivity contribution in [1.82, 2.24) is 14.7 Å². The second-order valence-electron chi connectivity index (χ2n) is 8.28. The third-order valence-corrected chi connectivity index (χ3v) is 7.92. The number of rotatable bonds is 12. The number of hydrogen-bond acceptors (Lipinski definition) is 10. The van der Waals surface area contributed by atoms with E-state index < -0.39 is 34.1 Å². The molecule has 15 heteroatoms. The zero-order chi connectivity index (χ0) is 29.4. The molecule has 0 bridgehead atoms. The Bertz CT molecular complexity index is 1650. The van der Waals surface area contributed by atoms with Crippen molar-refractivity contribution in [3.8, 4) is 17.2 Å². The summed E-state index contributed by atoms with van der Waals surface area (Å²) < 4.78 is 51.2. The Kier molecular flexibility index (Phi) is 9.88. The number of halogens is 1. The van der Waals surface area contributed by atoms with Gasteiger partial charge >= 0.3 is 0 Å². The lowest BCUT2D eigenvalue weighted by Crippen LogP contribution is -2.22. The lowest BCUT2D eigenvalue weighted by Gasteiger charge is -2.14. The number of pyridine rings is 1. The van der Waals surface area contributed by atoms with Gasteiger partial charge in [-0.25, -0.2) is 27.5 Å². The molecule has 2 heterocycles. The SMILES string of the molecule is COc1ccccc1Oc1cc(F)ccc1NC(=O)CC(=O)Nc1nc(CNS(C)(=O)=O)c(Sc2ccccn2)s1. The van der Waals surface area contributed by atoms with Gasteiger partial charge in [-0.05, 0) is 36.4 Å². The Hall–Kier alpha value is -4.05. The Labute approximate surface area is 243 Å². The van der Waals surface area contributed by atoms with E-state index in [-0.39, 0.29) is 23.1 Å². The van der Waals surface area contributed by atoms with Crippen molar-refractivity contribution >= 4 is 55.8 Å². The summed E-state index contributed by atoms with van der Waals surface area (Å²) in [7, 11) is -2.03. The first-order valence-electron chi connectivity index (χ1n) is 11.8. The molecule has 2 aromatic heterocycles. The summed E-state index contributed by atoms with van der Waals surface area (Å²) in [5.74, 6) is -1.21. The quantitative estimate of drug-likeness (QED) is 0.193. The number of aromatic nitrogens is 2. The predicted octanol–water partition coefficient (Wildman–Crippen LogP) is 4.65. The van der Waals surface area contributed by atoms with Crippen LogP contribution >= 0.6 is 23.1 Å². The van der Waals surface area contributed by atoms with Gasteiger partial charge in [-0.15, -0.1) is 0 Å². The van der Waals surface area contributed by atoms with E-state index in [1.807, 2.05) is 0 Å². The topological polar surface area (TPSA) is 149 Å². The molecule has 2 aromatic carbocycles. The Balaban J connectivity index is 1.44. The Morgan fingerprint density at radius 1 is 1.00 bits per heavy atom. The maximum atomic E-state index is 14.0. The maximum absolute atomic E-state index is 14.0. The highest BCUT2D eigenvalue weighted by atomic mass is 32.2. The number of benzene rings is 2. The van der Waals surface area contributed by atoms with Crippen molar-refractivity contribution in [3.63, 3.8) is 0 Å². The standard InChI is InChI=1S/C26H24FN5O6S3/c1-37-19-7-3-4-8-20(19)38-21-13-16(27)10-11-17(21)30-22(33)14-23(34)32-26-31-18(15-29-41(2,35)36)25(40-26)39-24-9-5-6-12-28-24/h3-13,29H,14-15H2,1-2H3,(H,30,33)(H,31,32,34). The molecule has 0 saturated carbocycles. The van der Waals surface area contributed by atoms with Crippen molar-refractivity contribution in [3.05, 3.63) is 78.4 Å². The molecule has 4 aromatic rings. The predicted molar refractivity (Wildman–Crippen MR) is 154 cm³/mol. The first-order chi connectivity index (χ1) is 19.6. The first-order valence-corrected chi connectivity index (χ1v) is 15.4. The number of carbonyl (C=O) groups excluding carboxylic acids is 2. The summed E-state index contributed by atoms with van der Waals surface area (Å²) in [4.78, 5) is 34.0. The van der Waals surface area contributed by atoms with Crippen molar-refractivity contribution in [1.29, 1.82) is 0 Å². The second-order valence-corrected chi connectivity index (χ2v) is 12.4. The summed E-state index contributed by atoms with van der Waals surface area (Å²) >= 11 is 2.37. The van der Waals surface area contributed by atoms with E-state index >= 15 is 0 Å². The summed E-state index contributed by atoms with van der Waals surface area (Å²) in [6.45, 7) is -0.0968. The van der Waals surface area contributed by atoms with E-state index in [0.29, 0.717) is 26.4 Å². The fourth-order valence-electron chi connectivity index (χ4n) is 3.29. The lowest BCUT2D eigenvalue weighted by atomic mass is 10.2. The molecule has 11 nitrogen and oxygen atoms in total. The van der Waals surface area contributed by atoms with E-state index in [2.05, 4.69) is 25.3 Å². The third-order valence-electron chi connectivity index (χ3n) is 5.07. The first kappa shape index (κ1) is 29.9. The van der Waals surface area contributed by atoms with E-state index in [1.54, 1.807) is 48.7 Å². The largest absolute Gasteiger partial charge is 0.493 e. The van der Waals surface area contributed by atoms with Crippen LogP contribution in [0.3, 0.4) is 0 Å². The van der Waals surface area contributed by atoms with Crippen LogP contribution < -0.4 is 24.8 Å². The molecule has 0 saturated heterocycles. The normalized spacial score (nSPS) is 11.1. The number of carbonyl (C=O) groups is 2. The van der Waals surface area contributed by atoms with Crippen LogP contribution in [0.25, 0.3) is 0 Å². The van der Waals surface area contributed by atoms with E-state index in [4.69, 9.17) is 9.47 Å². The van der Waals surface area contributed by atoms with Crippen molar-refractivity contribution in [2.45, 2.75) is 22.2 Å². The second kappa shape index (κ2) is 13.5. The van der Waals surface area contributed by atoms with Gasteiger partial charge in [0.25, 0.3) is 0 Å². The molecule has 0 aliphatic rings. The van der Waals surface area contributed by atoms with Crippen LogP contribution in [0.1, 0.15) is 12.1 Å². The average molecular weight is 618 g/mol. The highest BCUT2D eigenvalue weighted by Gasteiger charge is 2.19. The Morgan fingerprint density at radius 2 is 1.73 bits per heavy atom. The van der Waals surface area contributed by atoms with Gasteiger partial charge in [0.1, 0.15) is 17.3 Å². The van der Waals surface area contributed by atoms with Crippen molar-refractivity contribution in [2.75, 3.05) is 24.0 Å². The molecule has 0 fully saturated rings. The number of nitrogens with one attached hydrogen (secondary N) is 3. The smallest absolute Gasteiger partial charge is 0.235 e.